The Morgan fingerprint density at radius 1 is 1.09 bits per heavy atom. The van der Waals surface area contributed by atoms with E-state index in [1.54, 1.807) is 0 Å². The molecule has 1 N–H and O–H groups in total. The van der Waals surface area contributed by atoms with Gasteiger partial charge in [0.15, 0.2) is 17.3 Å². The van der Waals surface area contributed by atoms with Crippen LogP contribution in [0.4, 0.5) is 10.1 Å². The fourth-order valence-corrected chi connectivity index (χ4v) is 5.49. The predicted molar refractivity (Wildman–Crippen MR) is 135 cm³/mol. The Morgan fingerprint density at radius 3 is 2.66 bits per heavy atom. The smallest absolute Gasteiger partial charge is 0.225 e. The number of anilines is 1. The number of ether oxygens (including phenoxy) is 2. The Morgan fingerprint density at radius 2 is 1.86 bits per heavy atom. The molecule has 0 bridgehead atoms. The van der Waals surface area contributed by atoms with Gasteiger partial charge in [-0.1, -0.05) is 18.0 Å². The van der Waals surface area contributed by atoms with E-state index in [0.29, 0.717) is 37.0 Å². The molecule has 2 unspecified atom stereocenters. The third-order valence-electron chi connectivity index (χ3n) is 7.16. The zero-order valence-electron chi connectivity index (χ0n) is 20.0. The van der Waals surface area contributed by atoms with E-state index in [1.165, 1.54) is 25.3 Å². The highest BCUT2D eigenvalue weighted by atomic mass is 35.5. The zero-order chi connectivity index (χ0) is 24.2. The molecule has 0 aromatic heterocycles. The normalized spacial score (nSPS) is 21.1. The average Bonchev–Trinajstić information content (AvgIpc) is 3.36. The van der Waals surface area contributed by atoms with Crippen LogP contribution in [-0.2, 0) is 11.2 Å². The van der Waals surface area contributed by atoms with Crippen molar-refractivity contribution in [1.82, 2.24) is 10.2 Å². The van der Waals surface area contributed by atoms with Crippen molar-refractivity contribution in [2.24, 2.45) is 5.92 Å². The third kappa shape index (κ3) is 6.01. The standard InChI is InChI=1S/C27H33ClFN3O3/c28-21-4-6-23(7-5-21)32-11-8-20(17-32)27(33)30-22(18-31-9-2-1-3-10-31)14-19-15-24(29)26-25(16-19)34-12-13-35-26/h4-7,15-16,20,22H,1-3,8-14,17-18H2,(H,30,33). The fourth-order valence-electron chi connectivity index (χ4n) is 5.36. The summed E-state index contributed by atoms with van der Waals surface area (Å²) in [6.07, 6.45) is 4.96. The minimum atomic E-state index is -0.408. The van der Waals surface area contributed by atoms with Gasteiger partial charge in [-0.15, -0.1) is 0 Å². The van der Waals surface area contributed by atoms with Crippen LogP contribution in [0.2, 0.25) is 5.02 Å². The van der Waals surface area contributed by atoms with Crippen molar-refractivity contribution >= 4 is 23.2 Å². The maximum atomic E-state index is 14.7. The quantitative estimate of drug-likeness (QED) is 0.613. The van der Waals surface area contributed by atoms with Gasteiger partial charge in [-0.25, -0.2) is 4.39 Å². The number of rotatable bonds is 7. The second kappa shape index (κ2) is 11.0. The van der Waals surface area contributed by atoms with Crippen LogP contribution in [0.5, 0.6) is 11.5 Å². The molecule has 5 rings (SSSR count). The van der Waals surface area contributed by atoms with Gasteiger partial charge < -0.3 is 24.6 Å². The summed E-state index contributed by atoms with van der Waals surface area (Å²) in [5.74, 6) is 0.219. The van der Waals surface area contributed by atoms with Crippen LogP contribution in [-0.4, -0.2) is 62.8 Å². The van der Waals surface area contributed by atoms with Crippen LogP contribution >= 0.6 is 11.6 Å². The Hall–Kier alpha value is -2.51. The van der Waals surface area contributed by atoms with Gasteiger partial charge in [0.2, 0.25) is 5.91 Å². The van der Waals surface area contributed by atoms with Crippen molar-refractivity contribution in [3.63, 3.8) is 0 Å². The zero-order valence-corrected chi connectivity index (χ0v) is 20.7. The van der Waals surface area contributed by atoms with Gasteiger partial charge >= 0.3 is 0 Å². The molecule has 6 nitrogen and oxygen atoms in total. The van der Waals surface area contributed by atoms with Crippen LogP contribution in [0.25, 0.3) is 0 Å². The van der Waals surface area contributed by atoms with E-state index in [4.69, 9.17) is 21.1 Å². The van der Waals surface area contributed by atoms with Crippen LogP contribution < -0.4 is 19.7 Å². The molecular weight excluding hydrogens is 469 g/mol. The third-order valence-corrected chi connectivity index (χ3v) is 7.42. The summed E-state index contributed by atoms with van der Waals surface area (Å²) in [6, 6.07) is 11.0. The van der Waals surface area contributed by atoms with Crippen molar-refractivity contribution in [2.45, 2.75) is 38.1 Å². The van der Waals surface area contributed by atoms with Crippen molar-refractivity contribution in [2.75, 3.05) is 50.8 Å². The SMILES string of the molecule is O=C(NC(Cc1cc(F)c2c(c1)OCCO2)CN1CCCCC1)C1CCN(c2ccc(Cl)cc2)C1. The number of hydrogen-bond acceptors (Lipinski definition) is 5. The molecule has 0 radical (unpaired) electrons. The van der Waals surface area contributed by atoms with Crippen LogP contribution in [0, 0.1) is 11.7 Å². The monoisotopic (exact) mass is 501 g/mol. The van der Waals surface area contributed by atoms with Gasteiger partial charge in [-0.3, -0.25) is 4.79 Å². The lowest BCUT2D eigenvalue weighted by Crippen LogP contribution is -2.48. The summed E-state index contributed by atoms with van der Waals surface area (Å²) in [6.45, 7) is 5.12. The topological polar surface area (TPSA) is 54.0 Å². The summed E-state index contributed by atoms with van der Waals surface area (Å²) in [7, 11) is 0. The molecule has 2 atom stereocenters. The highest BCUT2D eigenvalue weighted by Crippen LogP contribution is 2.34. The van der Waals surface area contributed by atoms with E-state index in [1.807, 2.05) is 30.3 Å². The molecule has 3 aliphatic rings. The molecule has 188 valence electrons. The molecule has 0 aliphatic carbocycles. The number of likely N-dealkylation sites (tertiary alicyclic amines) is 1. The lowest BCUT2D eigenvalue weighted by atomic mass is 10.0. The second-order valence-corrected chi connectivity index (χ2v) is 10.2. The molecule has 3 heterocycles. The van der Waals surface area contributed by atoms with E-state index < -0.39 is 5.82 Å². The van der Waals surface area contributed by atoms with Crippen molar-refractivity contribution in [1.29, 1.82) is 0 Å². The first-order chi connectivity index (χ1) is 17.0. The molecular formula is C27H33ClFN3O3. The molecule has 8 heteroatoms. The van der Waals surface area contributed by atoms with Crippen molar-refractivity contribution in [3.8, 4) is 11.5 Å². The van der Waals surface area contributed by atoms with Gasteiger partial charge in [0.05, 0.1) is 5.92 Å². The maximum absolute atomic E-state index is 14.7. The average molecular weight is 502 g/mol. The van der Waals surface area contributed by atoms with Crippen LogP contribution in [0.15, 0.2) is 36.4 Å². The minimum absolute atomic E-state index is 0.0708. The van der Waals surface area contributed by atoms with Gasteiger partial charge in [0.25, 0.3) is 0 Å². The number of carbonyl (C=O) groups is 1. The van der Waals surface area contributed by atoms with Crippen LogP contribution in [0.1, 0.15) is 31.2 Å². The number of amides is 1. The predicted octanol–water partition coefficient (Wildman–Crippen LogP) is 4.29. The molecule has 2 aromatic carbocycles. The van der Waals surface area contributed by atoms with Crippen molar-refractivity contribution < 1.29 is 18.7 Å². The maximum Gasteiger partial charge on any atom is 0.225 e. The summed E-state index contributed by atoms with van der Waals surface area (Å²) >= 11 is 6.03. The second-order valence-electron chi connectivity index (χ2n) is 9.78. The highest BCUT2D eigenvalue weighted by Gasteiger charge is 2.31. The summed E-state index contributed by atoms with van der Waals surface area (Å²) in [5, 5.41) is 4.02. The van der Waals surface area contributed by atoms with Gasteiger partial charge in [0.1, 0.15) is 13.2 Å². The number of nitrogens with zero attached hydrogens (tertiary/aromatic N) is 2. The van der Waals surface area contributed by atoms with Crippen LogP contribution in [0.3, 0.4) is 0 Å². The summed E-state index contributed by atoms with van der Waals surface area (Å²) < 4.78 is 25.7. The molecule has 2 saturated heterocycles. The van der Waals surface area contributed by atoms with Crippen molar-refractivity contribution in [3.05, 3.63) is 52.8 Å². The van der Waals surface area contributed by atoms with E-state index in [2.05, 4.69) is 15.1 Å². The Labute approximate surface area is 211 Å². The Kier molecular flexibility index (Phi) is 7.63. The fraction of sp³-hybridized carbons (Fsp3) is 0.519. The molecule has 0 spiro atoms. The number of carbonyl (C=O) groups excluding carboxylic acids is 1. The molecule has 2 fully saturated rings. The van der Waals surface area contributed by atoms with Gasteiger partial charge in [0, 0.05) is 36.4 Å². The molecule has 35 heavy (non-hydrogen) atoms. The first-order valence-corrected chi connectivity index (χ1v) is 13.0. The number of fused-ring (bicyclic) bond motifs is 1. The van der Waals surface area contributed by atoms with E-state index >= 15 is 0 Å². The van der Waals surface area contributed by atoms with Gasteiger partial charge in [-0.2, -0.15) is 0 Å². The lowest BCUT2D eigenvalue weighted by Gasteiger charge is -2.31. The number of hydrogen-bond donors (Lipinski definition) is 1. The lowest BCUT2D eigenvalue weighted by molar-refractivity contribution is -0.125. The number of nitrogens with one attached hydrogen (secondary N) is 1. The Balaban J connectivity index is 1.26. The largest absolute Gasteiger partial charge is 0.486 e. The molecule has 1 amide bonds. The number of halogens is 2. The first-order valence-electron chi connectivity index (χ1n) is 12.7. The highest BCUT2D eigenvalue weighted by molar-refractivity contribution is 6.30. The number of piperidine rings is 1. The minimum Gasteiger partial charge on any atom is -0.486 e. The molecule has 2 aromatic rings. The Bertz CT molecular complexity index is 1030. The number of benzene rings is 2. The van der Waals surface area contributed by atoms with E-state index in [0.717, 1.165) is 43.9 Å². The van der Waals surface area contributed by atoms with Gasteiger partial charge in [-0.05, 0) is 80.7 Å². The first kappa shape index (κ1) is 24.2. The summed E-state index contributed by atoms with van der Waals surface area (Å²) in [5.41, 5.74) is 1.89. The molecule has 3 aliphatic heterocycles. The molecule has 0 saturated carbocycles. The van der Waals surface area contributed by atoms with E-state index in [9.17, 15) is 9.18 Å². The van der Waals surface area contributed by atoms with E-state index in [-0.39, 0.29) is 23.6 Å². The summed E-state index contributed by atoms with van der Waals surface area (Å²) in [4.78, 5) is 18.0.